The number of carbonyl (C=O) groups is 1. The zero-order chi connectivity index (χ0) is 22.2. The molecule has 5 N–H and O–H groups in total. The van der Waals surface area contributed by atoms with Crippen molar-refractivity contribution in [2.75, 3.05) is 12.4 Å². The minimum atomic E-state index is -0.501. The second-order valence-corrected chi connectivity index (χ2v) is 8.34. The van der Waals surface area contributed by atoms with Crippen LogP contribution in [0.3, 0.4) is 0 Å². The summed E-state index contributed by atoms with van der Waals surface area (Å²) in [5.74, 6) is 0.339. The maximum absolute atomic E-state index is 11.9. The number of aromatic amines is 2. The van der Waals surface area contributed by atoms with E-state index < -0.39 is 5.69 Å². The molecule has 12 heteroatoms. The summed E-state index contributed by atoms with van der Waals surface area (Å²) in [6.45, 7) is 0. The van der Waals surface area contributed by atoms with Crippen molar-refractivity contribution in [3.63, 3.8) is 0 Å². The van der Waals surface area contributed by atoms with Gasteiger partial charge in [0.2, 0.25) is 17.7 Å². The predicted octanol–water partition coefficient (Wildman–Crippen LogP) is -0.826. The van der Waals surface area contributed by atoms with Gasteiger partial charge >= 0.3 is 5.69 Å². The van der Waals surface area contributed by atoms with Crippen LogP contribution in [0.2, 0.25) is 0 Å². The molecule has 0 saturated heterocycles. The van der Waals surface area contributed by atoms with Gasteiger partial charge in [-0.25, -0.2) is 9.79 Å². The molecular formula is C20H25N9O3. The van der Waals surface area contributed by atoms with Crippen molar-refractivity contribution in [1.29, 1.82) is 0 Å². The number of amides is 1. The molecule has 0 bridgehead atoms. The van der Waals surface area contributed by atoms with E-state index >= 15 is 0 Å². The lowest BCUT2D eigenvalue weighted by molar-refractivity contribution is -0.125. The van der Waals surface area contributed by atoms with Gasteiger partial charge in [-0.3, -0.25) is 9.78 Å². The summed E-state index contributed by atoms with van der Waals surface area (Å²) in [6.07, 6.45) is 8.56. The number of carbonyl (C=O) groups excluding carboxylic acids is 1. The average Bonchev–Trinajstić information content (AvgIpc) is 3.42. The van der Waals surface area contributed by atoms with Gasteiger partial charge in [-0.15, -0.1) is 0 Å². The van der Waals surface area contributed by atoms with Gasteiger partial charge in [0.1, 0.15) is 5.69 Å². The molecule has 0 aliphatic heterocycles. The van der Waals surface area contributed by atoms with Crippen molar-refractivity contribution < 1.29 is 9.90 Å². The molecule has 0 aromatic carbocycles. The molecule has 3 aromatic heterocycles. The zero-order valence-electron chi connectivity index (χ0n) is 17.6. The van der Waals surface area contributed by atoms with E-state index in [1.807, 2.05) is 0 Å². The molecule has 32 heavy (non-hydrogen) atoms. The average molecular weight is 439 g/mol. The first-order valence-electron chi connectivity index (χ1n) is 10.8. The molecular weight excluding hydrogens is 414 g/mol. The number of rotatable bonds is 5. The fourth-order valence-electron chi connectivity index (χ4n) is 4.03. The Morgan fingerprint density at radius 3 is 2.66 bits per heavy atom. The fourth-order valence-corrected chi connectivity index (χ4v) is 4.03. The molecule has 2 aliphatic rings. The van der Waals surface area contributed by atoms with E-state index in [4.69, 9.17) is 0 Å². The summed E-state index contributed by atoms with van der Waals surface area (Å²) in [5.41, 5.74) is 0.720. The number of hydrogen-bond acceptors (Lipinski definition) is 8. The summed E-state index contributed by atoms with van der Waals surface area (Å²) in [6, 6.07) is 0.401. The first-order valence-corrected chi connectivity index (χ1v) is 10.8. The van der Waals surface area contributed by atoms with Crippen LogP contribution in [0.4, 0.5) is 5.95 Å². The molecule has 168 valence electrons. The smallest absolute Gasteiger partial charge is 0.326 e. The molecule has 2 fully saturated rings. The number of aromatic hydroxyl groups is 1. The van der Waals surface area contributed by atoms with E-state index in [9.17, 15) is 14.7 Å². The van der Waals surface area contributed by atoms with Gasteiger partial charge in [0.05, 0.1) is 12.2 Å². The molecule has 2 saturated carbocycles. The second-order valence-electron chi connectivity index (χ2n) is 8.34. The third-order valence-electron chi connectivity index (χ3n) is 5.94. The third kappa shape index (κ3) is 4.07. The van der Waals surface area contributed by atoms with Crippen molar-refractivity contribution in [1.82, 2.24) is 34.9 Å². The van der Waals surface area contributed by atoms with Crippen LogP contribution in [-0.4, -0.2) is 59.7 Å². The summed E-state index contributed by atoms with van der Waals surface area (Å²) in [4.78, 5) is 42.1. The highest BCUT2D eigenvalue weighted by atomic mass is 16.3. The van der Waals surface area contributed by atoms with E-state index in [1.165, 1.54) is 0 Å². The van der Waals surface area contributed by atoms with Gasteiger partial charge in [-0.2, -0.15) is 19.6 Å². The molecule has 1 amide bonds. The first kappa shape index (κ1) is 20.2. The number of nitrogens with zero attached hydrogens (tertiary/aromatic N) is 5. The summed E-state index contributed by atoms with van der Waals surface area (Å²) < 4.78 is 1.57. The molecule has 0 radical (unpaired) electrons. The van der Waals surface area contributed by atoms with Gasteiger partial charge < -0.3 is 20.7 Å². The molecule has 3 aromatic rings. The molecule has 0 unspecified atom stereocenters. The summed E-state index contributed by atoms with van der Waals surface area (Å²) >= 11 is 0. The largest absolute Gasteiger partial charge is 0.493 e. The number of nitrogens with one attached hydrogen (secondary N) is 4. The van der Waals surface area contributed by atoms with Crippen molar-refractivity contribution in [3.8, 4) is 5.88 Å². The Kier molecular flexibility index (Phi) is 5.11. The Hall–Kier alpha value is -3.70. The van der Waals surface area contributed by atoms with Crippen molar-refractivity contribution >= 4 is 23.6 Å². The maximum Gasteiger partial charge on any atom is 0.326 e. The second kappa shape index (κ2) is 8.09. The van der Waals surface area contributed by atoms with Gasteiger partial charge in [0.25, 0.3) is 5.62 Å². The molecule has 0 atom stereocenters. The van der Waals surface area contributed by atoms with Crippen LogP contribution < -0.4 is 27.2 Å². The molecule has 5 rings (SSSR count). The molecule has 12 nitrogen and oxygen atoms in total. The Balaban J connectivity index is 1.49. The highest BCUT2D eigenvalue weighted by Gasteiger charge is 2.26. The van der Waals surface area contributed by atoms with Gasteiger partial charge in [0.15, 0.2) is 5.65 Å². The van der Waals surface area contributed by atoms with Crippen LogP contribution in [0.5, 0.6) is 5.88 Å². The number of anilines is 1. The Labute approximate surface area is 181 Å². The van der Waals surface area contributed by atoms with Crippen LogP contribution in [0.15, 0.2) is 16.0 Å². The van der Waals surface area contributed by atoms with E-state index in [-0.39, 0.29) is 35.5 Å². The highest BCUT2D eigenvalue weighted by molar-refractivity contribution is 5.78. The van der Waals surface area contributed by atoms with Gasteiger partial charge in [0, 0.05) is 24.2 Å². The van der Waals surface area contributed by atoms with Crippen LogP contribution in [-0.2, 0) is 4.79 Å². The zero-order valence-corrected chi connectivity index (χ0v) is 17.6. The van der Waals surface area contributed by atoms with Crippen LogP contribution >= 0.6 is 0 Å². The van der Waals surface area contributed by atoms with Crippen molar-refractivity contribution in [2.24, 2.45) is 10.9 Å². The van der Waals surface area contributed by atoms with Crippen LogP contribution in [0.25, 0.3) is 11.7 Å². The van der Waals surface area contributed by atoms with E-state index in [2.05, 4.69) is 40.7 Å². The lowest BCUT2D eigenvalue weighted by atomic mass is 9.85. The quantitative estimate of drug-likeness (QED) is 0.346. The molecule has 2 aliphatic carbocycles. The minimum absolute atomic E-state index is 0.0501. The number of fused-ring (bicyclic) bond motifs is 1. The SMILES string of the molecule is CNC(=O)C1CCC(Nc2nc(=NC3CC3)n3nc/c(=C/c4[nH]c(=O)[nH]c4O)c3n2)CC1. The van der Waals surface area contributed by atoms with E-state index in [1.54, 1.807) is 23.8 Å². The van der Waals surface area contributed by atoms with Gasteiger partial charge in [-0.1, -0.05) is 0 Å². The monoisotopic (exact) mass is 439 g/mol. The van der Waals surface area contributed by atoms with Crippen molar-refractivity contribution in [3.05, 3.63) is 33.2 Å². The number of imidazole rings is 1. The summed E-state index contributed by atoms with van der Waals surface area (Å²) in [7, 11) is 1.67. The Morgan fingerprint density at radius 2 is 2.00 bits per heavy atom. The van der Waals surface area contributed by atoms with Crippen molar-refractivity contribution in [2.45, 2.75) is 50.6 Å². The number of aromatic nitrogens is 6. The topological polar surface area (TPSA) is 165 Å². The summed E-state index contributed by atoms with van der Waals surface area (Å²) in [5, 5.41) is 21.0. The normalized spacial score (nSPS) is 22.4. The lowest BCUT2D eigenvalue weighted by Crippen LogP contribution is -2.35. The molecule has 0 spiro atoms. The fraction of sp³-hybridized carbons (Fsp3) is 0.500. The lowest BCUT2D eigenvalue weighted by Gasteiger charge is -2.28. The van der Waals surface area contributed by atoms with Crippen LogP contribution in [0, 0.1) is 5.92 Å². The van der Waals surface area contributed by atoms with E-state index in [0.717, 1.165) is 38.5 Å². The molecule has 3 heterocycles. The number of hydrogen-bond donors (Lipinski definition) is 5. The van der Waals surface area contributed by atoms with E-state index in [0.29, 0.717) is 22.4 Å². The predicted molar refractivity (Wildman–Crippen MR) is 115 cm³/mol. The number of H-pyrrole nitrogens is 2. The van der Waals surface area contributed by atoms with Gasteiger partial charge in [-0.05, 0) is 44.6 Å². The third-order valence-corrected chi connectivity index (χ3v) is 5.94. The maximum atomic E-state index is 11.9. The first-order chi connectivity index (χ1) is 15.5. The Bertz CT molecular complexity index is 1330. The Morgan fingerprint density at radius 1 is 1.22 bits per heavy atom. The van der Waals surface area contributed by atoms with Crippen LogP contribution in [0.1, 0.15) is 44.2 Å². The minimum Gasteiger partial charge on any atom is -0.493 e. The highest BCUT2D eigenvalue weighted by Crippen LogP contribution is 2.26. The standard InChI is InChI=1S/C20H25N9O3/c1-21-16(30)10-2-4-12(5-3-10)23-18-26-15-11(8-14-17(31)27-20(32)25-14)9-22-29(15)19(28-18)24-13-6-7-13/h8-10,12-13,31H,2-7H2,1H3,(H,21,30)(H,23,24,28)(H2,25,27,32)/b11-8-.